The molecule has 3 heterocycles. The highest BCUT2D eigenvalue weighted by Gasteiger charge is 2.42. The summed E-state index contributed by atoms with van der Waals surface area (Å²) >= 11 is 5.63. The van der Waals surface area contributed by atoms with Crippen molar-refractivity contribution in [3.05, 3.63) is 78.4 Å². The van der Waals surface area contributed by atoms with Crippen LogP contribution >= 0.6 is 12.2 Å². The molecule has 0 bridgehead atoms. The zero-order valence-electron chi connectivity index (χ0n) is 17.4. The summed E-state index contributed by atoms with van der Waals surface area (Å²) in [7, 11) is 1.65. The maximum Gasteiger partial charge on any atom is 0.325 e. The molecule has 0 spiro atoms. The van der Waals surface area contributed by atoms with Gasteiger partial charge in [-0.15, -0.1) is 0 Å². The largest absolute Gasteiger partial charge is 0.495 e. The van der Waals surface area contributed by atoms with Gasteiger partial charge in [0.1, 0.15) is 12.3 Å². The number of benzene rings is 1. The van der Waals surface area contributed by atoms with E-state index in [1.807, 2.05) is 65.7 Å². The van der Waals surface area contributed by atoms with Crippen molar-refractivity contribution in [2.45, 2.75) is 19.0 Å². The number of hydrogen-bond acceptors (Lipinski definition) is 5. The number of thiocarbonyl (C=S) groups is 1. The van der Waals surface area contributed by atoms with E-state index in [0.717, 1.165) is 22.8 Å². The molecular weight excluding hydrogens is 412 g/mol. The van der Waals surface area contributed by atoms with Gasteiger partial charge in [0.15, 0.2) is 5.11 Å². The average Bonchev–Trinajstić information content (AvgIpc) is 3.39. The minimum atomic E-state index is -0.325. The van der Waals surface area contributed by atoms with Gasteiger partial charge in [0.05, 0.1) is 37.2 Å². The molecule has 3 aromatic rings. The molecule has 1 N–H and O–H groups in total. The molecule has 1 saturated heterocycles. The Hall–Kier alpha value is -3.39. The Kier molecular flexibility index (Phi) is 6.18. The summed E-state index contributed by atoms with van der Waals surface area (Å²) in [6.07, 6.45) is 3.73. The Labute approximate surface area is 186 Å². The van der Waals surface area contributed by atoms with E-state index in [2.05, 4.69) is 14.9 Å². The van der Waals surface area contributed by atoms with Gasteiger partial charge >= 0.3 is 5.97 Å². The van der Waals surface area contributed by atoms with Gasteiger partial charge in [0.25, 0.3) is 0 Å². The van der Waals surface area contributed by atoms with E-state index >= 15 is 0 Å². The number of hydrogen-bond donors (Lipinski definition) is 1. The lowest BCUT2D eigenvalue weighted by atomic mass is 10.0. The van der Waals surface area contributed by atoms with Crippen molar-refractivity contribution in [2.75, 3.05) is 20.3 Å². The molecule has 2 aromatic heterocycles. The minimum absolute atomic E-state index is 0.0464. The normalized spacial score (nSPS) is 18.0. The smallest absolute Gasteiger partial charge is 0.325 e. The topological polar surface area (TPSA) is 68.6 Å². The fraction of sp³-hybridized carbons (Fsp3) is 0.261. The minimum Gasteiger partial charge on any atom is -0.495 e. The molecule has 1 aliphatic heterocycles. The molecule has 4 rings (SSSR count). The van der Waals surface area contributed by atoms with Gasteiger partial charge in [0.2, 0.25) is 0 Å². The fourth-order valence-corrected chi connectivity index (χ4v) is 4.23. The Morgan fingerprint density at radius 1 is 1.16 bits per heavy atom. The van der Waals surface area contributed by atoms with Crippen LogP contribution in [0.4, 0.5) is 0 Å². The maximum atomic E-state index is 12.4. The first-order valence-corrected chi connectivity index (χ1v) is 10.5. The number of aromatic nitrogens is 2. The fourth-order valence-electron chi connectivity index (χ4n) is 3.93. The molecule has 160 valence electrons. The number of nitrogens with one attached hydrogen (secondary N) is 1. The van der Waals surface area contributed by atoms with Crippen LogP contribution < -0.4 is 10.1 Å². The molecule has 0 radical (unpaired) electrons. The Bertz CT molecular complexity index is 1070. The molecule has 31 heavy (non-hydrogen) atoms. The van der Waals surface area contributed by atoms with E-state index in [9.17, 15) is 4.79 Å². The second kappa shape index (κ2) is 9.18. The average molecular weight is 437 g/mol. The predicted octanol–water partition coefficient (Wildman–Crippen LogP) is 3.42. The molecule has 1 fully saturated rings. The number of rotatable bonds is 7. The van der Waals surface area contributed by atoms with Gasteiger partial charge in [-0.1, -0.05) is 18.2 Å². The molecule has 0 aliphatic carbocycles. The van der Waals surface area contributed by atoms with Crippen LogP contribution in [-0.4, -0.2) is 45.8 Å². The Morgan fingerprint density at radius 3 is 2.71 bits per heavy atom. The summed E-state index contributed by atoms with van der Waals surface area (Å²) in [4.78, 5) is 18.8. The zero-order chi connectivity index (χ0) is 21.8. The second-order valence-electron chi connectivity index (χ2n) is 7.03. The van der Waals surface area contributed by atoms with Gasteiger partial charge in [-0.3, -0.25) is 9.78 Å². The number of esters is 1. The van der Waals surface area contributed by atoms with Gasteiger partial charge in [0, 0.05) is 18.1 Å². The van der Waals surface area contributed by atoms with Gasteiger partial charge in [-0.2, -0.15) is 0 Å². The van der Waals surface area contributed by atoms with E-state index in [0.29, 0.717) is 11.7 Å². The molecule has 1 aliphatic rings. The molecule has 1 aromatic carbocycles. The van der Waals surface area contributed by atoms with E-state index < -0.39 is 0 Å². The van der Waals surface area contributed by atoms with Crippen LogP contribution in [-0.2, 0) is 9.53 Å². The standard InChI is InChI=1S/C23H24N4O3S/c1-3-30-20(28)15-27-22(21(25-23(27)31)16-9-6-7-13-24-16)18-11-8-14-26(18)17-10-4-5-12-19(17)29-2/h4-14,21-22H,3,15H2,1-2H3,(H,25,31)/t21-,22+/m0/s1. The van der Waals surface area contributed by atoms with E-state index in [1.165, 1.54) is 0 Å². The molecule has 0 amide bonds. The van der Waals surface area contributed by atoms with Gasteiger partial charge in [-0.05, 0) is 55.5 Å². The first-order chi connectivity index (χ1) is 15.1. The first-order valence-electron chi connectivity index (χ1n) is 10.1. The molecule has 0 saturated carbocycles. The highest BCUT2D eigenvalue weighted by Crippen LogP contribution is 2.40. The summed E-state index contributed by atoms with van der Waals surface area (Å²) in [6.45, 7) is 2.16. The van der Waals surface area contributed by atoms with Crippen LogP contribution in [0.1, 0.15) is 30.4 Å². The molecule has 7 nitrogen and oxygen atoms in total. The van der Waals surface area contributed by atoms with Gasteiger partial charge < -0.3 is 24.3 Å². The van der Waals surface area contributed by atoms with E-state index in [1.54, 1.807) is 20.2 Å². The third-order valence-electron chi connectivity index (χ3n) is 5.23. The third-order valence-corrected chi connectivity index (χ3v) is 5.58. The quantitative estimate of drug-likeness (QED) is 0.450. The lowest BCUT2D eigenvalue weighted by Gasteiger charge is -2.28. The number of nitrogens with zero attached hydrogens (tertiary/aromatic N) is 3. The van der Waals surface area contributed by atoms with Crippen LogP contribution in [0.25, 0.3) is 5.69 Å². The lowest BCUT2D eigenvalue weighted by molar-refractivity contribution is -0.143. The van der Waals surface area contributed by atoms with Crippen molar-refractivity contribution < 1.29 is 14.3 Å². The molecule has 2 atom stereocenters. The highest BCUT2D eigenvalue weighted by atomic mass is 32.1. The van der Waals surface area contributed by atoms with Crippen molar-refractivity contribution >= 4 is 23.3 Å². The van der Waals surface area contributed by atoms with E-state index in [-0.39, 0.29) is 24.6 Å². The van der Waals surface area contributed by atoms with Crippen molar-refractivity contribution in [1.82, 2.24) is 19.8 Å². The number of para-hydroxylation sites is 2. The number of carbonyl (C=O) groups excluding carboxylic acids is 1. The molecular formula is C23H24N4O3S. The number of methoxy groups -OCH3 is 1. The maximum absolute atomic E-state index is 12.4. The number of ether oxygens (including phenoxy) is 2. The van der Waals surface area contributed by atoms with Crippen LogP contribution in [0.15, 0.2) is 67.0 Å². The highest BCUT2D eigenvalue weighted by molar-refractivity contribution is 7.80. The van der Waals surface area contributed by atoms with Crippen LogP contribution in [0.5, 0.6) is 5.75 Å². The molecule has 0 unspecified atom stereocenters. The number of pyridine rings is 1. The second-order valence-corrected chi connectivity index (χ2v) is 7.42. The van der Waals surface area contributed by atoms with Crippen molar-refractivity contribution in [3.8, 4) is 11.4 Å². The zero-order valence-corrected chi connectivity index (χ0v) is 18.2. The van der Waals surface area contributed by atoms with E-state index in [4.69, 9.17) is 21.7 Å². The van der Waals surface area contributed by atoms with Crippen molar-refractivity contribution in [1.29, 1.82) is 0 Å². The monoisotopic (exact) mass is 436 g/mol. The SMILES string of the molecule is CCOC(=O)CN1C(=S)N[C@@H](c2ccccn2)[C@H]1c1cccn1-c1ccccc1OC. The van der Waals surface area contributed by atoms with Crippen LogP contribution in [0.2, 0.25) is 0 Å². The summed E-state index contributed by atoms with van der Waals surface area (Å²) in [5, 5.41) is 3.84. The summed E-state index contributed by atoms with van der Waals surface area (Å²) in [5.41, 5.74) is 2.70. The lowest BCUT2D eigenvalue weighted by Crippen LogP contribution is -2.36. The Morgan fingerprint density at radius 2 is 1.97 bits per heavy atom. The predicted molar refractivity (Wildman–Crippen MR) is 121 cm³/mol. The molecule has 8 heteroatoms. The summed E-state index contributed by atoms with van der Waals surface area (Å²) in [6, 6.07) is 17.1. The summed E-state index contributed by atoms with van der Waals surface area (Å²) < 4.78 is 12.8. The van der Waals surface area contributed by atoms with Crippen molar-refractivity contribution in [2.24, 2.45) is 0 Å². The van der Waals surface area contributed by atoms with Crippen molar-refractivity contribution in [3.63, 3.8) is 0 Å². The number of carbonyl (C=O) groups is 1. The van der Waals surface area contributed by atoms with Gasteiger partial charge in [-0.25, -0.2) is 0 Å². The van der Waals surface area contributed by atoms with Crippen LogP contribution in [0, 0.1) is 0 Å². The summed E-state index contributed by atoms with van der Waals surface area (Å²) in [5.74, 6) is 0.425. The first kappa shape index (κ1) is 20.9. The third kappa shape index (κ3) is 4.11. The van der Waals surface area contributed by atoms with Crippen LogP contribution in [0.3, 0.4) is 0 Å². The Balaban J connectivity index is 1.81.